The van der Waals surface area contributed by atoms with Crippen LogP contribution in [0.4, 0.5) is 0 Å². The third kappa shape index (κ3) is 4.84. The normalized spacial score (nSPS) is 16.3. The first kappa shape index (κ1) is 23.9. The Bertz CT molecular complexity index is 1330. The number of ketones is 1. The summed E-state index contributed by atoms with van der Waals surface area (Å²) in [4.78, 5) is 15.4. The van der Waals surface area contributed by atoms with Crippen LogP contribution in [-0.4, -0.2) is 24.0 Å². The lowest BCUT2D eigenvalue weighted by atomic mass is 9.99. The van der Waals surface area contributed by atoms with Gasteiger partial charge in [0.2, 0.25) is 5.78 Å². The first-order valence-corrected chi connectivity index (χ1v) is 12.6. The third-order valence-corrected chi connectivity index (χ3v) is 7.20. The summed E-state index contributed by atoms with van der Waals surface area (Å²) in [6.45, 7) is 8.21. The van der Waals surface area contributed by atoms with Crippen molar-refractivity contribution in [2.45, 2.75) is 39.7 Å². The van der Waals surface area contributed by atoms with E-state index in [-0.39, 0.29) is 5.78 Å². The van der Waals surface area contributed by atoms with Crippen LogP contribution >= 0.6 is 23.2 Å². The molecule has 4 nitrogen and oxygen atoms in total. The molecule has 2 heterocycles. The fourth-order valence-electron chi connectivity index (χ4n) is 4.57. The Morgan fingerprint density at radius 3 is 2.54 bits per heavy atom. The fraction of sp³-hybridized carbons (Fsp3) is 0.276. The number of hydrogen-bond acceptors (Lipinski definition) is 4. The number of Topliss-reactive ketones (excluding diaryl/α,β-unsaturated/α-hetero) is 1. The molecule has 0 bridgehead atoms. The van der Waals surface area contributed by atoms with Crippen molar-refractivity contribution in [3.05, 3.63) is 97.7 Å². The van der Waals surface area contributed by atoms with Gasteiger partial charge in [0, 0.05) is 34.3 Å². The van der Waals surface area contributed by atoms with E-state index in [0.29, 0.717) is 46.3 Å². The van der Waals surface area contributed by atoms with Gasteiger partial charge in [0.25, 0.3) is 0 Å². The predicted molar refractivity (Wildman–Crippen MR) is 141 cm³/mol. The summed E-state index contributed by atoms with van der Waals surface area (Å²) in [6, 6.07) is 15.7. The molecule has 3 aromatic carbocycles. The monoisotopic (exact) mass is 507 g/mol. The molecule has 0 unspecified atom stereocenters. The molecule has 35 heavy (non-hydrogen) atoms. The maximum absolute atomic E-state index is 13.2. The van der Waals surface area contributed by atoms with E-state index < -0.39 is 0 Å². The minimum Gasteiger partial charge on any atom is -0.477 e. The molecular formula is C29H27Cl2NO3. The van der Waals surface area contributed by atoms with Gasteiger partial charge in [0.05, 0.1) is 5.56 Å². The van der Waals surface area contributed by atoms with Crippen molar-refractivity contribution in [2.24, 2.45) is 0 Å². The lowest BCUT2D eigenvalue weighted by Crippen LogP contribution is -2.34. The van der Waals surface area contributed by atoms with Gasteiger partial charge in [-0.05, 0) is 60.2 Å². The number of allylic oxidation sites excluding steroid dienone is 1. The maximum Gasteiger partial charge on any atom is 0.231 e. The topological polar surface area (TPSA) is 38.8 Å². The van der Waals surface area contributed by atoms with Gasteiger partial charge in [-0.3, -0.25) is 9.69 Å². The molecule has 0 radical (unpaired) electrons. The van der Waals surface area contributed by atoms with Gasteiger partial charge in [-0.1, -0.05) is 67.4 Å². The molecule has 0 fully saturated rings. The summed E-state index contributed by atoms with van der Waals surface area (Å²) in [5.74, 6) is 2.11. The third-order valence-electron chi connectivity index (χ3n) is 6.62. The molecule has 180 valence electrons. The number of nitrogens with zero attached hydrogens (tertiary/aromatic N) is 1. The van der Waals surface area contributed by atoms with Crippen LogP contribution in [0, 0.1) is 6.92 Å². The smallest absolute Gasteiger partial charge is 0.231 e. The first-order chi connectivity index (χ1) is 16.8. The first-order valence-electron chi connectivity index (χ1n) is 11.8. The Kier molecular flexibility index (Phi) is 6.63. The lowest BCUT2D eigenvalue weighted by molar-refractivity contribution is 0.0954. The molecular weight excluding hydrogens is 481 g/mol. The van der Waals surface area contributed by atoms with Gasteiger partial charge in [0.15, 0.2) is 5.76 Å². The highest BCUT2D eigenvalue weighted by Crippen LogP contribution is 2.43. The number of ether oxygens (including phenoxy) is 2. The maximum atomic E-state index is 13.2. The average molecular weight is 508 g/mol. The molecule has 3 aromatic rings. The number of carbonyl (C=O) groups is 1. The molecule has 0 N–H and O–H groups in total. The summed E-state index contributed by atoms with van der Waals surface area (Å²) in [7, 11) is 0. The van der Waals surface area contributed by atoms with Crippen LogP contribution in [0.3, 0.4) is 0 Å². The Morgan fingerprint density at radius 1 is 1.06 bits per heavy atom. The molecule has 2 aliphatic rings. The Balaban J connectivity index is 1.34. The van der Waals surface area contributed by atoms with Crippen molar-refractivity contribution in [2.75, 3.05) is 13.3 Å². The van der Waals surface area contributed by atoms with Crippen molar-refractivity contribution in [1.29, 1.82) is 0 Å². The van der Waals surface area contributed by atoms with Gasteiger partial charge in [-0.2, -0.15) is 0 Å². The Hall–Kier alpha value is -2.79. The molecule has 0 aliphatic carbocycles. The highest BCUT2D eigenvalue weighted by molar-refractivity contribution is 6.35. The van der Waals surface area contributed by atoms with E-state index in [1.165, 1.54) is 5.56 Å². The summed E-state index contributed by atoms with van der Waals surface area (Å²) in [5, 5.41) is 1.30. The van der Waals surface area contributed by atoms with Crippen molar-refractivity contribution in [1.82, 2.24) is 4.90 Å². The van der Waals surface area contributed by atoms with Gasteiger partial charge in [-0.15, -0.1) is 0 Å². The second-order valence-corrected chi connectivity index (χ2v) is 10.3. The van der Waals surface area contributed by atoms with Crippen molar-refractivity contribution < 1.29 is 14.3 Å². The number of hydrogen-bond donors (Lipinski definition) is 0. The highest BCUT2D eigenvalue weighted by atomic mass is 35.5. The quantitative estimate of drug-likeness (QED) is 0.336. The number of fused-ring (bicyclic) bond motifs is 2. The summed E-state index contributed by atoms with van der Waals surface area (Å²) >= 11 is 12.3. The van der Waals surface area contributed by atoms with Crippen LogP contribution < -0.4 is 9.47 Å². The molecule has 2 aliphatic heterocycles. The average Bonchev–Trinajstić information content (AvgIpc) is 3.14. The van der Waals surface area contributed by atoms with Crippen molar-refractivity contribution >= 4 is 35.1 Å². The minimum absolute atomic E-state index is 0.0936. The van der Waals surface area contributed by atoms with Gasteiger partial charge in [-0.25, -0.2) is 0 Å². The second-order valence-electron chi connectivity index (χ2n) is 9.44. The van der Waals surface area contributed by atoms with Gasteiger partial charge < -0.3 is 9.47 Å². The zero-order valence-electron chi connectivity index (χ0n) is 20.0. The predicted octanol–water partition coefficient (Wildman–Crippen LogP) is 7.44. The summed E-state index contributed by atoms with van der Waals surface area (Å²) < 4.78 is 12.2. The van der Waals surface area contributed by atoms with E-state index in [4.69, 9.17) is 32.7 Å². The van der Waals surface area contributed by atoms with Crippen molar-refractivity contribution in [3.63, 3.8) is 0 Å². The Labute approximate surface area is 216 Å². The molecule has 0 spiro atoms. The van der Waals surface area contributed by atoms with E-state index in [1.807, 2.05) is 43.3 Å². The van der Waals surface area contributed by atoms with Crippen LogP contribution in [0.15, 0.2) is 54.3 Å². The SMILES string of the molecule is Cc1c2c(cc3c1O/C(=C\c1ccc(C(C)C)cc1)C3=O)CN(CCc1ccc(Cl)cc1Cl)CO2. The van der Waals surface area contributed by atoms with Crippen LogP contribution in [0.1, 0.15) is 57.9 Å². The van der Waals surface area contributed by atoms with Crippen LogP contribution in [-0.2, 0) is 13.0 Å². The second kappa shape index (κ2) is 9.69. The number of benzene rings is 3. The largest absolute Gasteiger partial charge is 0.477 e. The van der Waals surface area contributed by atoms with Crippen molar-refractivity contribution in [3.8, 4) is 11.5 Å². The van der Waals surface area contributed by atoms with E-state index in [2.05, 4.69) is 30.9 Å². The summed E-state index contributed by atoms with van der Waals surface area (Å²) in [5.41, 5.74) is 5.71. The number of halogens is 2. The molecule has 0 atom stereocenters. The lowest BCUT2D eigenvalue weighted by Gasteiger charge is -2.30. The minimum atomic E-state index is -0.0936. The molecule has 5 rings (SSSR count). The van der Waals surface area contributed by atoms with E-state index in [0.717, 1.165) is 41.0 Å². The Morgan fingerprint density at radius 2 is 1.83 bits per heavy atom. The number of carbonyl (C=O) groups excluding carboxylic acids is 1. The zero-order valence-corrected chi connectivity index (χ0v) is 21.5. The van der Waals surface area contributed by atoms with Gasteiger partial charge in [0.1, 0.15) is 18.2 Å². The standard InChI is InChI=1S/C29H27Cl2NO3/c1-17(2)20-6-4-19(5-7-20)12-26-27(33)24-13-22-15-32(16-34-28(22)18(3)29(24)35-26)11-10-21-8-9-23(30)14-25(21)31/h4-9,12-14,17H,10-11,15-16H2,1-3H3/b26-12-. The van der Waals surface area contributed by atoms with Crippen LogP contribution in [0.2, 0.25) is 10.0 Å². The molecule has 0 aromatic heterocycles. The highest BCUT2D eigenvalue weighted by Gasteiger charge is 2.33. The molecule has 0 saturated heterocycles. The fourth-order valence-corrected chi connectivity index (χ4v) is 5.07. The molecule has 0 amide bonds. The molecule has 0 saturated carbocycles. The van der Waals surface area contributed by atoms with E-state index in [9.17, 15) is 4.79 Å². The van der Waals surface area contributed by atoms with Crippen LogP contribution in [0.25, 0.3) is 6.08 Å². The van der Waals surface area contributed by atoms with E-state index in [1.54, 1.807) is 6.07 Å². The number of rotatable bonds is 5. The molecule has 6 heteroatoms. The summed E-state index contributed by atoms with van der Waals surface area (Å²) in [6.07, 6.45) is 2.59. The zero-order chi connectivity index (χ0) is 24.7. The van der Waals surface area contributed by atoms with Crippen LogP contribution in [0.5, 0.6) is 11.5 Å². The van der Waals surface area contributed by atoms with E-state index >= 15 is 0 Å². The van der Waals surface area contributed by atoms with Gasteiger partial charge >= 0.3 is 0 Å².